The van der Waals surface area contributed by atoms with E-state index in [-0.39, 0.29) is 12.4 Å². The number of benzene rings is 1. The van der Waals surface area contributed by atoms with E-state index in [2.05, 4.69) is 0 Å². The van der Waals surface area contributed by atoms with E-state index in [0.29, 0.717) is 30.8 Å². The van der Waals surface area contributed by atoms with Crippen molar-refractivity contribution in [1.82, 2.24) is 0 Å². The third-order valence-electron chi connectivity index (χ3n) is 3.92. The van der Waals surface area contributed by atoms with Crippen LogP contribution in [0.2, 0.25) is 0 Å². The average molecular weight is 387 g/mol. The molecule has 1 aromatic rings. The number of aliphatic hydroxyl groups excluding tert-OH is 1. The number of ether oxygens (including phenoxy) is 3. The molecule has 0 saturated carbocycles. The van der Waals surface area contributed by atoms with Gasteiger partial charge in [0.05, 0.1) is 23.9 Å². The summed E-state index contributed by atoms with van der Waals surface area (Å²) in [6, 6.07) is 10.0. The van der Waals surface area contributed by atoms with Gasteiger partial charge in [-0.2, -0.15) is 0 Å². The van der Waals surface area contributed by atoms with Gasteiger partial charge in [0.2, 0.25) is 0 Å². The molecule has 0 bridgehead atoms. The van der Waals surface area contributed by atoms with Gasteiger partial charge in [-0.3, -0.25) is 0 Å². The van der Waals surface area contributed by atoms with Crippen molar-refractivity contribution >= 4 is 23.5 Å². The summed E-state index contributed by atoms with van der Waals surface area (Å²) in [5.41, 5.74) is 1.12. The molecule has 0 radical (unpaired) electrons. The number of thioether (sulfide) groups is 2. The van der Waals surface area contributed by atoms with Crippen LogP contribution in [0.3, 0.4) is 0 Å². The van der Waals surface area contributed by atoms with Crippen LogP contribution >= 0.6 is 23.5 Å². The second-order valence-corrected chi connectivity index (χ2v) is 8.95. The summed E-state index contributed by atoms with van der Waals surface area (Å²) in [6.07, 6.45) is 0.684. The van der Waals surface area contributed by atoms with Crippen LogP contribution in [0.25, 0.3) is 0 Å². The summed E-state index contributed by atoms with van der Waals surface area (Å²) in [6.45, 7) is 5.26. The van der Waals surface area contributed by atoms with E-state index in [1.807, 2.05) is 67.7 Å². The third kappa shape index (κ3) is 8.33. The first-order valence-electron chi connectivity index (χ1n) is 8.99. The Bertz CT molecular complexity index is 454. The molecular formula is C19H30O4S2. The molecule has 0 aliphatic carbocycles. The molecular weight excluding hydrogens is 356 g/mol. The molecule has 1 heterocycles. The quantitative estimate of drug-likeness (QED) is 0.582. The van der Waals surface area contributed by atoms with Crippen LogP contribution in [0.4, 0.5) is 0 Å². The molecule has 6 heteroatoms. The molecule has 1 N–H and O–H groups in total. The van der Waals surface area contributed by atoms with Gasteiger partial charge in [-0.05, 0) is 43.8 Å². The molecule has 25 heavy (non-hydrogen) atoms. The van der Waals surface area contributed by atoms with Crippen molar-refractivity contribution in [3.05, 3.63) is 35.9 Å². The van der Waals surface area contributed by atoms with Crippen molar-refractivity contribution < 1.29 is 19.3 Å². The van der Waals surface area contributed by atoms with Crippen LogP contribution in [-0.2, 0) is 20.8 Å². The molecule has 1 aliphatic heterocycles. The molecule has 142 valence electrons. The normalized spacial score (nSPS) is 19.5. The Hall–Kier alpha value is -0.240. The fourth-order valence-electron chi connectivity index (χ4n) is 2.65. The molecule has 4 nitrogen and oxygen atoms in total. The van der Waals surface area contributed by atoms with Gasteiger partial charge in [0.1, 0.15) is 6.10 Å². The Morgan fingerprint density at radius 2 is 1.92 bits per heavy atom. The Morgan fingerprint density at radius 1 is 1.20 bits per heavy atom. The Balaban J connectivity index is 1.84. The number of hydrogen-bond donors (Lipinski definition) is 1. The van der Waals surface area contributed by atoms with E-state index in [0.717, 1.165) is 5.56 Å². The molecule has 1 saturated heterocycles. The highest BCUT2D eigenvalue weighted by atomic mass is 32.2. The van der Waals surface area contributed by atoms with Crippen LogP contribution in [0.1, 0.15) is 32.3 Å². The first-order chi connectivity index (χ1) is 12.2. The number of hydrogen-bond acceptors (Lipinski definition) is 6. The van der Waals surface area contributed by atoms with Crippen molar-refractivity contribution in [2.75, 3.05) is 24.7 Å². The maximum Gasteiger partial charge on any atom is 0.155 e. The zero-order chi connectivity index (χ0) is 17.9. The Kier molecular flexibility index (Phi) is 10.3. The second kappa shape index (κ2) is 12.2. The largest absolute Gasteiger partial charge is 0.390 e. The first-order valence-corrected chi connectivity index (χ1v) is 11.1. The summed E-state index contributed by atoms with van der Waals surface area (Å²) in [5, 5.41) is 10.7. The number of aliphatic hydroxyl groups is 1. The summed E-state index contributed by atoms with van der Waals surface area (Å²) in [7, 11) is 0. The molecule has 3 atom stereocenters. The predicted octanol–water partition coefficient (Wildman–Crippen LogP) is 3.92. The maximum absolute atomic E-state index is 10.7. The van der Waals surface area contributed by atoms with E-state index in [9.17, 15) is 5.11 Å². The summed E-state index contributed by atoms with van der Waals surface area (Å²) in [4.78, 5) is 0. The van der Waals surface area contributed by atoms with E-state index in [1.54, 1.807) is 0 Å². The molecule has 0 spiro atoms. The van der Waals surface area contributed by atoms with Crippen molar-refractivity contribution in [1.29, 1.82) is 0 Å². The predicted molar refractivity (Wildman–Crippen MR) is 106 cm³/mol. The highest BCUT2D eigenvalue weighted by Gasteiger charge is 2.27. The monoisotopic (exact) mass is 386 g/mol. The lowest BCUT2D eigenvalue weighted by molar-refractivity contribution is -0.195. The first kappa shape index (κ1) is 21.1. The van der Waals surface area contributed by atoms with Gasteiger partial charge in [0.15, 0.2) is 6.29 Å². The van der Waals surface area contributed by atoms with Gasteiger partial charge < -0.3 is 19.3 Å². The molecule has 0 amide bonds. The summed E-state index contributed by atoms with van der Waals surface area (Å²) < 4.78 is 17.6. The van der Waals surface area contributed by atoms with Crippen molar-refractivity contribution in [2.45, 2.75) is 56.4 Å². The fraction of sp³-hybridized carbons (Fsp3) is 0.684. The highest BCUT2D eigenvalue weighted by molar-refractivity contribution is 8.17. The van der Waals surface area contributed by atoms with Crippen molar-refractivity contribution in [2.24, 2.45) is 0 Å². The van der Waals surface area contributed by atoms with E-state index >= 15 is 0 Å². The van der Waals surface area contributed by atoms with E-state index in [4.69, 9.17) is 14.2 Å². The third-order valence-corrected chi connectivity index (χ3v) is 6.91. The van der Waals surface area contributed by atoms with Gasteiger partial charge in [0.25, 0.3) is 0 Å². The Labute approximate surface area is 160 Å². The fourth-order valence-corrected chi connectivity index (χ4v) is 5.61. The van der Waals surface area contributed by atoms with Crippen molar-refractivity contribution in [3.8, 4) is 0 Å². The topological polar surface area (TPSA) is 47.9 Å². The highest BCUT2D eigenvalue weighted by Crippen LogP contribution is 2.34. The van der Waals surface area contributed by atoms with E-state index in [1.165, 1.54) is 17.9 Å². The standard InChI is InChI=1S/C19H30O4S2/c1-3-22-15(2)23-18(14-21-13-16-8-5-4-6-9-16)17(20)12-19-24-10-7-11-25-19/h4-6,8-9,15,17-20H,3,7,10-14H2,1-2H3. The second-order valence-electron chi connectivity index (χ2n) is 6.03. The van der Waals surface area contributed by atoms with Crippen LogP contribution in [0.5, 0.6) is 0 Å². The smallest absolute Gasteiger partial charge is 0.155 e. The van der Waals surface area contributed by atoms with Crippen LogP contribution in [0.15, 0.2) is 30.3 Å². The van der Waals surface area contributed by atoms with E-state index < -0.39 is 6.10 Å². The lowest BCUT2D eigenvalue weighted by Crippen LogP contribution is -2.38. The molecule has 1 aromatic carbocycles. The SMILES string of the molecule is CCOC(C)OC(COCc1ccccc1)C(O)CC1SCCCS1. The zero-order valence-electron chi connectivity index (χ0n) is 15.1. The molecule has 3 unspecified atom stereocenters. The lowest BCUT2D eigenvalue weighted by Gasteiger charge is -2.29. The number of rotatable bonds is 11. The Morgan fingerprint density at radius 3 is 2.60 bits per heavy atom. The van der Waals surface area contributed by atoms with Gasteiger partial charge >= 0.3 is 0 Å². The van der Waals surface area contributed by atoms with Gasteiger partial charge in [-0.1, -0.05) is 30.3 Å². The van der Waals surface area contributed by atoms with Gasteiger partial charge in [-0.25, -0.2) is 0 Å². The van der Waals surface area contributed by atoms with Crippen LogP contribution in [-0.4, -0.2) is 52.9 Å². The molecule has 0 aromatic heterocycles. The van der Waals surface area contributed by atoms with Crippen LogP contribution < -0.4 is 0 Å². The maximum atomic E-state index is 10.7. The van der Waals surface area contributed by atoms with Gasteiger partial charge in [-0.15, -0.1) is 23.5 Å². The molecule has 2 rings (SSSR count). The van der Waals surface area contributed by atoms with Gasteiger partial charge in [0, 0.05) is 6.61 Å². The summed E-state index contributed by atoms with van der Waals surface area (Å²) >= 11 is 3.87. The van der Waals surface area contributed by atoms with Crippen molar-refractivity contribution in [3.63, 3.8) is 0 Å². The minimum absolute atomic E-state index is 0.350. The minimum atomic E-state index is -0.554. The summed E-state index contributed by atoms with van der Waals surface area (Å²) in [5.74, 6) is 2.35. The lowest BCUT2D eigenvalue weighted by atomic mass is 10.1. The minimum Gasteiger partial charge on any atom is -0.390 e. The average Bonchev–Trinajstić information content (AvgIpc) is 2.63. The van der Waals surface area contributed by atoms with Crippen LogP contribution in [0, 0.1) is 0 Å². The zero-order valence-corrected chi connectivity index (χ0v) is 16.8. The molecule has 1 aliphatic rings. The molecule has 1 fully saturated rings.